The summed E-state index contributed by atoms with van der Waals surface area (Å²) in [5.41, 5.74) is 0.570. The largest absolute Gasteiger partial charge is 0.435 e. The number of urea groups is 1. The zero-order chi connectivity index (χ0) is 19.4. The van der Waals surface area contributed by atoms with E-state index in [-0.39, 0.29) is 16.3 Å². The van der Waals surface area contributed by atoms with Crippen LogP contribution in [-0.2, 0) is 13.2 Å². The first-order valence-electron chi connectivity index (χ1n) is 9.06. The summed E-state index contributed by atoms with van der Waals surface area (Å²) in [6, 6.07) is -0.498. The Kier molecular flexibility index (Phi) is 4.40. The number of hydrazone groups is 1. The third-order valence-corrected chi connectivity index (χ3v) is 6.50. The maximum atomic E-state index is 13.0. The van der Waals surface area contributed by atoms with E-state index >= 15 is 0 Å². The Morgan fingerprint density at radius 3 is 2.33 bits per heavy atom. The Morgan fingerprint density at radius 1 is 1.26 bits per heavy atom. The summed E-state index contributed by atoms with van der Waals surface area (Å²) in [6.45, 7) is 0. The van der Waals surface area contributed by atoms with Gasteiger partial charge >= 0.3 is 12.2 Å². The van der Waals surface area contributed by atoms with Gasteiger partial charge in [0.25, 0.3) is 0 Å². The molecule has 0 unspecified atom stereocenters. The Balaban J connectivity index is 1.42. The normalized spacial score (nSPS) is 32.3. The van der Waals surface area contributed by atoms with Gasteiger partial charge in [-0.25, -0.2) is 10.2 Å². The molecule has 10 heteroatoms. The average Bonchev–Trinajstić information content (AvgIpc) is 2.81. The van der Waals surface area contributed by atoms with E-state index in [2.05, 4.69) is 20.9 Å². The monoisotopic (exact) mass is 403 g/mol. The van der Waals surface area contributed by atoms with Crippen molar-refractivity contribution in [3.8, 4) is 0 Å². The van der Waals surface area contributed by atoms with Crippen molar-refractivity contribution >= 4 is 23.8 Å². The highest BCUT2D eigenvalue weighted by molar-refractivity contribution is 6.32. The van der Waals surface area contributed by atoms with E-state index in [0.717, 1.165) is 30.2 Å². The molecule has 1 aromatic heterocycles. The van der Waals surface area contributed by atoms with Gasteiger partial charge < -0.3 is 5.32 Å². The van der Waals surface area contributed by atoms with Crippen molar-refractivity contribution in [3.05, 3.63) is 16.4 Å². The van der Waals surface area contributed by atoms with Crippen LogP contribution in [0, 0.1) is 17.8 Å². The fraction of sp³-hybridized carbons (Fsp3) is 0.706. The van der Waals surface area contributed by atoms with Crippen molar-refractivity contribution in [2.24, 2.45) is 29.9 Å². The van der Waals surface area contributed by atoms with Crippen LogP contribution in [0.3, 0.4) is 0 Å². The molecule has 2 amide bonds. The molecule has 1 heterocycles. The Labute approximate surface area is 159 Å². The molecule has 0 spiro atoms. The highest BCUT2D eigenvalue weighted by Gasteiger charge is 2.51. The first-order valence-corrected chi connectivity index (χ1v) is 9.44. The van der Waals surface area contributed by atoms with Gasteiger partial charge in [0.15, 0.2) is 5.69 Å². The van der Waals surface area contributed by atoms with Crippen molar-refractivity contribution in [3.63, 3.8) is 0 Å². The molecule has 27 heavy (non-hydrogen) atoms. The second kappa shape index (κ2) is 6.39. The van der Waals surface area contributed by atoms with E-state index in [1.54, 1.807) is 0 Å². The highest BCUT2D eigenvalue weighted by atomic mass is 35.5. The van der Waals surface area contributed by atoms with Gasteiger partial charge in [0.1, 0.15) is 5.15 Å². The van der Waals surface area contributed by atoms with Crippen LogP contribution in [-0.4, -0.2) is 27.6 Å². The Hall–Kier alpha value is -1.77. The van der Waals surface area contributed by atoms with Crippen LogP contribution >= 0.6 is 11.6 Å². The summed E-state index contributed by atoms with van der Waals surface area (Å²) >= 11 is 5.86. The van der Waals surface area contributed by atoms with Gasteiger partial charge in [-0.2, -0.15) is 23.4 Å². The molecule has 0 aliphatic heterocycles. The number of amides is 2. The number of nitrogens with one attached hydrogen (secondary N) is 2. The number of aryl methyl sites for hydroxylation is 1. The Bertz CT molecular complexity index is 753. The van der Waals surface area contributed by atoms with E-state index in [9.17, 15) is 18.0 Å². The first kappa shape index (κ1) is 18.6. The molecule has 4 bridgehead atoms. The molecule has 0 atom stereocenters. The first-order chi connectivity index (χ1) is 12.7. The van der Waals surface area contributed by atoms with Gasteiger partial charge in [-0.3, -0.25) is 4.68 Å². The molecule has 5 rings (SSSR count). The van der Waals surface area contributed by atoms with E-state index in [0.29, 0.717) is 17.8 Å². The molecule has 4 fully saturated rings. The van der Waals surface area contributed by atoms with Gasteiger partial charge in [-0.15, -0.1) is 0 Å². The lowest BCUT2D eigenvalue weighted by Crippen LogP contribution is -2.61. The fourth-order valence-electron chi connectivity index (χ4n) is 5.53. The van der Waals surface area contributed by atoms with Crippen LogP contribution < -0.4 is 10.7 Å². The Morgan fingerprint density at radius 2 is 1.81 bits per heavy atom. The minimum atomic E-state index is -4.66. The van der Waals surface area contributed by atoms with E-state index in [1.165, 1.54) is 26.3 Å². The molecule has 2 N–H and O–H groups in total. The molecule has 6 nitrogen and oxygen atoms in total. The van der Waals surface area contributed by atoms with E-state index < -0.39 is 17.9 Å². The van der Waals surface area contributed by atoms with Crippen molar-refractivity contribution in [2.75, 3.05) is 0 Å². The number of nitrogens with zero attached hydrogens (tertiary/aromatic N) is 3. The number of rotatable bonds is 3. The van der Waals surface area contributed by atoms with Crippen molar-refractivity contribution in [1.29, 1.82) is 0 Å². The van der Waals surface area contributed by atoms with E-state index in [4.69, 9.17) is 11.6 Å². The third kappa shape index (κ3) is 3.53. The van der Waals surface area contributed by atoms with Gasteiger partial charge in [0.05, 0.1) is 11.8 Å². The molecule has 4 aliphatic carbocycles. The summed E-state index contributed by atoms with van der Waals surface area (Å²) in [6.07, 6.45) is 2.90. The number of aromatic nitrogens is 2. The molecule has 0 saturated heterocycles. The minimum absolute atomic E-state index is 0.197. The van der Waals surface area contributed by atoms with Crippen LogP contribution in [0.2, 0.25) is 5.15 Å². The maximum absolute atomic E-state index is 13.0. The molecular formula is C17H21ClF3N5O. The predicted octanol–water partition coefficient (Wildman–Crippen LogP) is 3.69. The second-order valence-electron chi connectivity index (χ2n) is 8.20. The number of carbonyl (C=O) groups is 1. The molecular weight excluding hydrogens is 383 g/mol. The smallest absolute Gasteiger partial charge is 0.331 e. The maximum Gasteiger partial charge on any atom is 0.435 e. The standard InChI is InChI=1S/C17H21ClF3N5O/c1-26-14(18)12(13(25-26)17(19,20)21)8-22-24-15(27)23-16-5-9-2-10(6-16)4-11(3-9)7-16/h8-11H,2-7H2,1H3,(H2,23,24,27). The lowest BCUT2D eigenvalue weighted by molar-refractivity contribution is -0.141. The van der Waals surface area contributed by atoms with Crippen LogP contribution in [0.1, 0.15) is 49.8 Å². The summed E-state index contributed by atoms with van der Waals surface area (Å²) in [4.78, 5) is 12.3. The zero-order valence-corrected chi connectivity index (χ0v) is 15.6. The van der Waals surface area contributed by atoms with Gasteiger partial charge in [-0.1, -0.05) is 11.6 Å². The lowest BCUT2D eigenvalue weighted by Gasteiger charge is -2.56. The van der Waals surface area contributed by atoms with Crippen LogP contribution in [0.25, 0.3) is 0 Å². The molecule has 148 valence electrons. The summed E-state index contributed by atoms with van der Waals surface area (Å²) in [7, 11) is 1.31. The number of carbonyl (C=O) groups excluding carboxylic acids is 1. The zero-order valence-electron chi connectivity index (χ0n) is 14.8. The summed E-state index contributed by atoms with van der Waals surface area (Å²) in [5, 5.41) is 9.87. The van der Waals surface area contributed by atoms with Crippen molar-refractivity contribution < 1.29 is 18.0 Å². The fourth-order valence-corrected chi connectivity index (χ4v) is 5.71. The molecule has 0 radical (unpaired) electrons. The SMILES string of the molecule is Cn1nc(C(F)(F)F)c(C=NNC(=O)NC23CC4CC(CC(C4)C2)C3)c1Cl. The number of halogens is 4. The molecule has 4 saturated carbocycles. The molecule has 0 aromatic carbocycles. The predicted molar refractivity (Wildman–Crippen MR) is 93.4 cm³/mol. The van der Waals surface area contributed by atoms with E-state index in [1.807, 2.05) is 0 Å². The van der Waals surface area contributed by atoms with Crippen LogP contribution in [0.4, 0.5) is 18.0 Å². The molecule has 4 aliphatic rings. The lowest BCUT2D eigenvalue weighted by atomic mass is 9.53. The summed E-state index contributed by atoms with van der Waals surface area (Å²) < 4.78 is 40.0. The average molecular weight is 404 g/mol. The van der Waals surface area contributed by atoms with Crippen molar-refractivity contribution in [1.82, 2.24) is 20.5 Å². The van der Waals surface area contributed by atoms with Crippen LogP contribution in [0.15, 0.2) is 5.10 Å². The number of hydrogen-bond donors (Lipinski definition) is 2. The number of alkyl halides is 3. The minimum Gasteiger partial charge on any atom is -0.331 e. The van der Waals surface area contributed by atoms with Crippen LogP contribution in [0.5, 0.6) is 0 Å². The molecule has 1 aromatic rings. The highest BCUT2D eigenvalue weighted by Crippen LogP contribution is 2.55. The summed E-state index contributed by atoms with van der Waals surface area (Å²) in [5.74, 6) is 2.01. The van der Waals surface area contributed by atoms with Gasteiger partial charge in [0, 0.05) is 12.6 Å². The topological polar surface area (TPSA) is 71.3 Å². The third-order valence-electron chi connectivity index (χ3n) is 6.06. The van der Waals surface area contributed by atoms with Crippen molar-refractivity contribution in [2.45, 2.75) is 50.2 Å². The van der Waals surface area contributed by atoms with Gasteiger partial charge in [0.2, 0.25) is 0 Å². The second-order valence-corrected chi connectivity index (χ2v) is 8.55. The quantitative estimate of drug-likeness (QED) is 0.596. The van der Waals surface area contributed by atoms with Gasteiger partial charge in [-0.05, 0) is 56.3 Å². The number of hydrogen-bond acceptors (Lipinski definition) is 3.